The monoisotopic (exact) mass is 240 g/mol. The van der Waals surface area contributed by atoms with Crippen molar-refractivity contribution in [3.63, 3.8) is 0 Å². The number of aryl methyl sites for hydroxylation is 1. The molecule has 0 aliphatic heterocycles. The van der Waals surface area contributed by atoms with Gasteiger partial charge in [-0.05, 0) is 43.2 Å². The molecule has 18 heavy (non-hydrogen) atoms. The zero-order valence-corrected chi connectivity index (χ0v) is 10.6. The fourth-order valence-electron chi connectivity index (χ4n) is 1.84. The summed E-state index contributed by atoms with van der Waals surface area (Å²) in [5.74, 6) is -0.0441. The van der Waals surface area contributed by atoms with Gasteiger partial charge in [-0.15, -0.1) is 0 Å². The van der Waals surface area contributed by atoms with Gasteiger partial charge in [0.05, 0.1) is 6.04 Å². The first-order chi connectivity index (χ1) is 8.68. The molecule has 0 aliphatic carbocycles. The van der Waals surface area contributed by atoms with Crippen LogP contribution in [-0.2, 0) is 0 Å². The van der Waals surface area contributed by atoms with E-state index in [-0.39, 0.29) is 11.9 Å². The van der Waals surface area contributed by atoms with E-state index >= 15 is 0 Å². The molecule has 0 saturated heterocycles. The third kappa shape index (κ3) is 2.74. The number of nitrogens with one attached hydrogen (secondary N) is 1. The smallest absolute Gasteiger partial charge is 0.252 e. The van der Waals surface area contributed by atoms with E-state index in [1.165, 1.54) is 0 Å². The third-order valence-electron chi connectivity index (χ3n) is 2.94. The van der Waals surface area contributed by atoms with Crippen LogP contribution >= 0.6 is 0 Å². The van der Waals surface area contributed by atoms with Crippen LogP contribution in [0.3, 0.4) is 0 Å². The Balaban J connectivity index is 2.11. The molecule has 0 radical (unpaired) electrons. The molecule has 0 fully saturated rings. The summed E-state index contributed by atoms with van der Waals surface area (Å²) in [5.41, 5.74) is 2.75. The van der Waals surface area contributed by atoms with E-state index in [0.717, 1.165) is 16.7 Å². The summed E-state index contributed by atoms with van der Waals surface area (Å²) < 4.78 is 0. The van der Waals surface area contributed by atoms with Gasteiger partial charge in [-0.3, -0.25) is 9.78 Å². The van der Waals surface area contributed by atoms with Crippen molar-refractivity contribution in [3.8, 4) is 0 Å². The lowest BCUT2D eigenvalue weighted by Crippen LogP contribution is -2.27. The Bertz CT molecular complexity index is 537. The van der Waals surface area contributed by atoms with Crippen molar-refractivity contribution in [2.45, 2.75) is 19.9 Å². The Morgan fingerprint density at radius 3 is 2.50 bits per heavy atom. The van der Waals surface area contributed by atoms with E-state index in [1.807, 2.05) is 50.2 Å². The molecule has 1 heterocycles. The molecule has 0 spiro atoms. The van der Waals surface area contributed by atoms with E-state index in [2.05, 4.69) is 10.3 Å². The molecular formula is C15H16N2O. The maximum atomic E-state index is 12.1. The Morgan fingerprint density at radius 1 is 1.17 bits per heavy atom. The predicted octanol–water partition coefficient (Wildman–Crippen LogP) is 2.88. The molecule has 0 saturated carbocycles. The summed E-state index contributed by atoms with van der Waals surface area (Å²) >= 11 is 0. The third-order valence-corrected chi connectivity index (χ3v) is 2.94. The van der Waals surface area contributed by atoms with Crippen molar-refractivity contribution in [1.82, 2.24) is 10.3 Å². The molecule has 2 aromatic rings. The van der Waals surface area contributed by atoms with Gasteiger partial charge in [-0.25, -0.2) is 0 Å². The number of nitrogens with zero attached hydrogens (tertiary/aromatic N) is 1. The molecule has 1 amide bonds. The van der Waals surface area contributed by atoms with Crippen molar-refractivity contribution < 1.29 is 4.79 Å². The van der Waals surface area contributed by atoms with Crippen molar-refractivity contribution >= 4 is 5.91 Å². The lowest BCUT2D eigenvalue weighted by molar-refractivity contribution is 0.0939. The highest BCUT2D eigenvalue weighted by molar-refractivity contribution is 5.95. The SMILES string of the molecule is Cc1ccccc1C(=O)NC(C)c1ccncc1. The van der Waals surface area contributed by atoms with Gasteiger partial charge in [-0.2, -0.15) is 0 Å². The summed E-state index contributed by atoms with van der Waals surface area (Å²) in [6.07, 6.45) is 3.46. The number of aromatic nitrogens is 1. The Labute approximate surface area is 107 Å². The molecule has 2 rings (SSSR count). The minimum absolute atomic E-state index is 0.0277. The van der Waals surface area contributed by atoms with Crippen molar-refractivity contribution in [2.75, 3.05) is 0 Å². The van der Waals surface area contributed by atoms with Crippen molar-refractivity contribution in [2.24, 2.45) is 0 Å². The van der Waals surface area contributed by atoms with Crippen LogP contribution in [0.4, 0.5) is 0 Å². The van der Waals surface area contributed by atoms with E-state index in [1.54, 1.807) is 12.4 Å². The average molecular weight is 240 g/mol. The molecule has 0 aliphatic rings. The molecule has 1 aromatic heterocycles. The second kappa shape index (κ2) is 5.45. The molecule has 0 bridgehead atoms. The fraction of sp³-hybridized carbons (Fsp3) is 0.200. The minimum Gasteiger partial charge on any atom is -0.346 e. The lowest BCUT2D eigenvalue weighted by atomic mass is 10.1. The zero-order chi connectivity index (χ0) is 13.0. The standard InChI is InChI=1S/C15H16N2O/c1-11-5-3-4-6-14(11)15(18)17-12(2)13-7-9-16-10-8-13/h3-10,12H,1-2H3,(H,17,18). The molecule has 3 nitrogen and oxygen atoms in total. The summed E-state index contributed by atoms with van der Waals surface area (Å²) in [5, 5.41) is 2.99. The van der Waals surface area contributed by atoms with E-state index < -0.39 is 0 Å². The molecule has 1 atom stereocenters. The van der Waals surface area contributed by atoms with E-state index in [0.29, 0.717) is 0 Å². The molecule has 3 heteroatoms. The number of carbonyl (C=O) groups is 1. The topological polar surface area (TPSA) is 42.0 Å². The molecule has 92 valence electrons. The minimum atomic E-state index is -0.0441. The zero-order valence-electron chi connectivity index (χ0n) is 10.6. The Morgan fingerprint density at radius 2 is 1.83 bits per heavy atom. The van der Waals surface area contributed by atoms with E-state index in [4.69, 9.17) is 0 Å². The normalized spacial score (nSPS) is 11.9. The van der Waals surface area contributed by atoms with Gasteiger partial charge < -0.3 is 5.32 Å². The van der Waals surface area contributed by atoms with Gasteiger partial charge in [0.1, 0.15) is 0 Å². The van der Waals surface area contributed by atoms with Gasteiger partial charge >= 0.3 is 0 Å². The number of benzene rings is 1. The highest BCUT2D eigenvalue weighted by Crippen LogP contribution is 2.13. The second-order valence-electron chi connectivity index (χ2n) is 4.29. The first kappa shape index (κ1) is 12.3. The highest BCUT2D eigenvalue weighted by Gasteiger charge is 2.12. The Kier molecular flexibility index (Phi) is 3.72. The first-order valence-corrected chi connectivity index (χ1v) is 5.95. The number of rotatable bonds is 3. The first-order valence-electron chi connectivity index (χ1n) is 5.95. The highest BCUT2D eigenvalue weighted by atomic mass is 16.1. The van der Waals surface area contributed by atoms with Crippen LogP contribution in [0.5, 0.6) is 0 Å². The number of carbonyl (C=O) groups excluding carboxylic acids is 1. The molecule has 1 unspecified atom stereocenters. The summed E-state index contributed by atoms with van der Waals surface area (Å²) in [4.78, 5) is 16.1. The molecule has 1 N–H and O–H groups in total. The van der Waals surface area contributed by atoms with Crippen LogP contribution in [0.1, 0.15) is 34.5 Å². The number of hydrogen-bond acceptors (Lipinski definition) is 2. The summed E-state index contributed by atoms with van der Waals surface area (Å²) in [6, 6.07) is 11.4. The van der Waals surface area contributed by atoms with Crippen LogP contribution in [0, 0.1) is 6.92 Å². The van der Waals surface area contributed by atoms with Crippen LogP contribution in [0.15, 0.2) is 48.8 Å². The number of hydrogen-bond donors (Lipinski definition) is 1. The average Bonchev–Trinajstić information content (AvgIpc) is 2.40. The van der Waals surface area contributed by atoms with Gasteiger partial charge in [0.15, 0.2) is 0 Å². The van der Waals surface area contributed by atoms with Gasteiger partial charge in [-0.1, -0.05) is 18.2 Å². The van der Waals surface area contributed by atoms with Crippen LogP contribution in [0.2, 0.25) is 0 Å². The van der Waals surface area contributed by atoms with Crippen LogP contribution in [-0.4, -0.2) is 10.9 Å². The second-order valence-corrected chi connectivity index (χ2v) is 4.29. The lowest BCUT2D eigenvalue weighted by Gasteiger charge is -2.15. The number of pyridine rings is 1. The van der Waals surface area contributed by atoms with Crippen LogP contribution < -0.4 is 5.32 Å². The van der Waals surface area contributed by atoms with Crippen molar-refractivity contribution in [3.05, 3.63) is 65.5 Å². The number of amides is 1. The maximum Gasteiger partial charge on any atom is 0.252 e. The van der Waals surface area contributed by atoms with Gasteiger partial charge in [0.25, 0.3) is 5.91 Å². The Hall–Kier alpha value is -2.16. The predicted molar refractivity (Wildman–Crippen MR) is 71.3 cm³/mol. The summed E-state index contributed by atoms with van der Waals surface area (Å²) in [7, 11) is 0. The van der Waals surface area contributed by atoms with Gasteiger partial charge in [0.2, 0.25) is 0 Å². The molecular weight excluding hydrogens is 224 g/mol. The quantitative estimate of drug-likeness (QED) is 0.896. The van der Waals surface area contributed by atoms with E-state index in [9.17, 15) is 4.79 Å². The largest absolute Gasteiger partial charge is 0.346 e. The molecule has 1 aromatic carbocycles. The summed E-state index contributed by atoms with van der Waals surface area (Å²) in [6.45, 7) is 3.90. The van der Waals surface area contributed by atoms with Crippen LogP contribution in [0.25, 0.3) is 0 Å². The van der Waals surface area contributed by atoms with Crippen molar-refractivity contribution in [1.29, 1.82) is 0 Å². The fourth-order valence-corrected chi connectivity index (χ4v) is 1.84. The maximum absolute atomic E-state index is 12.1. The van der Waals surface area contributed by atoms with Gasteiger partial charge in [0, 0.05) is 18.0 Å².